The predicted molar refractivity (Wildman–Crippen MR) is 93.4 cm³/mol. The fourth-order valence-electron chi connectivity index (χ4n) is 4.03. The number of carbonyl (C=O) groups excluding carboxylic acids is 1. The summed E-state index contributed by atoms with van der Waals surface area (Å²) in [4.78, 5) is 14.0. The topological polar surface area (TPSA) is 32.3 Å². The maximum atomic E-state index is 11.4. The molecule has 0 spiro atoms. The first kappa shape index (κ1) is 14.5. The van der Waals surface area contributed by atoms with Gasteiger partial charge < -0.3 is 5.32 Å². The van der Waals surface area contributed by atoms with E-state index < -0.39 is 0 Å². The average molecular weight is 306 g/mol. The summed E-state index contributed by atoms with van der Waals surface area (Å²) < 4.78 is 0. The Labute approximate surface area is 137 Å². The summed E-state index contributed by atoms with van der Waals surface area (Å²) in [6.45, 7) is 3.87. The Morgan fingerprint density at radius 2 is 1.74 bits per heavy atom. The van der Waals surface area contributed by atoms with E-state index in [-0.39, 0.29) is 5.91 Å². The minimum Gasteiger partial charge on any atom is -0.326 e. The lowest BCUT2D eigenvalue weighted by atomic mass is 10.00. The Hall–Kier alpha value is -2.13. The molecule has 2 aliphatic rings. The van der Waals surface area contributed by atoms with Crippen LogP contribution in [-0.4, -0.2) is 23.9 Å². The van der Waals surface area contributed by atoms with E-state index in [4.69, 9.17) is 0 Å². The van der Waals surface area contributed by atoms with Gasteiger partial charge in [-0.05, 0) is 60.3 Å². The SMILES string of the molecule is CC(=O)Nc1ccc2c(c1)[C@@H](N1CCCCC1)c1ccccc1-2. The molecule has 1 amide bonds. The van der Waals surface area contributed by atoms with Crippen molar-refractivity contribution in [2.45, 2.75) is 32.2 Å². The number of hydrogen-bond acceptors (Lipinski definition) is 2. The van der Waals surface area contributed by atoms with Gasteiger partial charge in [0.25, 0.3) is 0 Å². The number of amides is 1. The van der Waals surface area contributed by atoms with Crippen molar-refractivity contribution in [1.82, 2.24) is 4.90 Å². The third-order valence-electron chi connectivity index (χ3n) is 4.97. The molecule has 1 saturated heterocycles. The lowest BCUT2D eigenvalue weighted by molar-refractivity contribution is -0.114. The van der Waals surface area contributed by atoms with Gasteiger partial charge in [-0.1, -0.05) is 36.8 Å². The number of anilines is 1. The van der Waals surface area contributed by atoms with Crippen LogP contribution in [-0.2, 0) is 4.79 Å². The lowest BCUT2D eigenvalue weighted by Crippen LogP contribution is -2.33. The van der Waals surface area contributed by atoms with Crippen LogP contribution in [0.3, 0.4) is 0 Å². The average Bonchev–Trinajstić information content (AvgIpc) is 2.88. The lowest BCUT2D eigenvalue weighted by Gasteiger charge is -2.33. The first-order chi connectivity index (χ1) is 11.2. The van der Waals surface area contributed by atoms with Crippen LogP contribution >= 0.6 is 0 Å². The molecule has 2 aromatic carbocycles. The standard InChI is InChI=1S/C20H22N2O/c1-14(23)21-15-9-10-17-16-7-3-4-8-18(16)20(19(17)13-15)22-11-5-2-6-12-22/h3-4,7-10,13,20H,2,5-6,11-12H2,1H3,(H,21,23)/t20-/m0/s1. The molecule has 0 aromatic heterocycles. The van der Waals surface area contributed by atoms with E-state index >= 15 is 0 Å². The molecule has 0 unspecified atom stereocenters. The Morgan fingerprint density at radius 1 is 1.00 bits per heavy atom. The zero-order valence-electron chi connectivity index (χ0n) is 13.5. The summed E-state index contributed by atoms with van der Waals surface area (Å²) in [6, 6.07) is 15.4. The normalized spacial score (nSPS) is 20.0. The van der Waals surface area contributed by atoms with Gasteiger partial charge in [0.15, 0.2) is 0 Å². The fraction of sp³-hybridized carbons (Fsp3) is 0.350. The highest BCUT2D eigenvalue weighted by atomic mass is 16.1. The van der Waals surface area contributed by atoms with Gasteiger partial charge in [-0.3, -0.25) is 9.69 Å². The van der Waals surface area contributed by atoms with Crippen molar-refractivity contribution in [2.24, 2.45) is 0 Å². The van der Waals surface area contributed by atoms with E-state index in [1.54, 1.807) is 6.92 Å². The van der Waals surface area contributed by atoms with Crippen LogP contribution in [0.2, 0.25) is 0 Å². The number of nitrogens with zero attached hydrogens (tertiary/aromatic N) is 1. The van der Waals surface area contributed by atoms with Crippen LogP contribution < -0.4 is 5.32 Å². The number of likely N-dealkylation sites (tertiary alicyclic amines) is 1. The van der Waals surface area contributed by atoms with Crippen LogP contribution in [0, 0.1) is 0 Å². The van der Waals surface area contributed by atoms with Gasteiger partial charge >= 0.3 is 0 Å². The van der Waals surface area contributed by atoms with Crippen molar-refractivity contribution in [3.8, 4) is 11.1 Å². The van der Waals surface area contributed by atoms with E-state index in [1.165, 1.54) is 41.5 Å². The minimum atomic E-state index is -0.0185. The monoisotopic (exact) mass is 306 g/mol. The maximum absolute atomic E-state index is 11.4. The molecule has 0 bridgehead atoms. The summed E-state index contributed by atoms with van der Waals surface area (Å²) in [5.74, 6) is -0.0185. The van der Waals surface area contributed by atoms with Crippen LogP contribution in [0.5, 0.6) is 0 Å². The fourth-order valence-corrected chi connectivity index (χ4v) is 4.03. The molecule has 2 aromatic rings. The Bertz CT molecular complexity index is 747. The van der Waals surface area contributed by atoms with E-state index in [0.29, 0.717) is 6.04 Å². The summed E-state index contributed by atoms with van der Waals surface area (Å²) >= 11 is 0. The van der Waals surface area contributed by atoms with Crippen molar-refractivity contribution in [3.05, 3.63) is 53.6 Å². The van der Waals surface area contributed by atoms with E-state index in [2.05, 4.69) is 46.6 Å². The first-order valence-corrected chi connectivity index (χ1v) is 8.49. The predicted octanol–water partition coefficient (Wildman–Crippen LogP) is 4.20. The number of carbonyl (C=O) groups is 1. The molecule has 118 valence electrons. The molecule has 4 rings (SSSR count). The molecule has 1 fully saturated rings. The zero-order valence-corrected chi connectivity index (χ0v) is 13.5. The second-order valence-electron chi connectivity index (χ2n) is 6.57. The van der Waals surface area contributed by atoms with Crippen molar-refractivity contribution >= 4 is 11.6 Å². The highest BCUT2D eigenvalue weighted by Gasteiger charge is 2.33. The number of piperidine rings is 1. The number of hydrogen-bond donors (Lipinski definition) is 1. The molecule has 3 nitrogen and oxygen atoms in total. The van der Waals surface area contributed by atoms with Crippen molar-refractivity contribution in [1.29, 1.82) is 0 Å². The summed E-state index contributed by atoms with van der Waals surface area (Å²) in [7, 11) is 0. The van der Waals surface area contributed by atoms with E-state index in [9.17, 15) is 4.79 Å². The maximum Gasteiger partial charge on any atom is 0.221 e. The van der Waals surface area contributed by atoms with Gasteiger partial charge in [0, 0.05) is 12.6 Å². The third-order valence-corrected chi connectivity index (χ3v) is 4.97. The highest BCUT2D eigenvalue weighted by Crippen LogP contribution is 2.47. The highest BCUT2D eigenvalue weighted by molar-refractivity contribution is 5.90. The first-order valence-electron chi connectivity index (χ1n) is 8.49. The number of rotatable bonds is 2. The minimum absolute atomic E-state index is 0.0185. The molecule has 0 radical (unpaired) electrons. The van der Waals surface area contributed by atoms with E-state index in [1.807, 2.05) is 6.07 Å². The van der Waals surface area contributed by atoms with Gasteiger partial charge in [0.05, 0.1) is 6.04 Å². The molecule has 1 atom stereocenters. The summed E-state index contributed by atoms with van der Waals surface area (Å²) in [5, 5.41) is 2.93. The van der Waals surface area contributed by atoms with Crippen LogP contribution in [0.15, 0.2) is 42.5 Å². The van der Waals surface area contributed by atoms with Gasteiger partial charge in [-0.25, -0.2) is 0 Å². The Morgan fingerprint density at radius 3 is 2.52 bits per heavy atom. The van der Waals surface area contributed by atoms with Crippen LogP contribution in [0.1, 0.15) is 43.4 Å². The van der Waals surface area contributed by atoms with Crippen molar-refractivity contribution in [2.75, 3.05) is 18.4 Å². The second-order valence-corrected chi connectivity index (χ2v) is 6.57. The van der Waals surface area contributed by atoms with Crippen LogP contribution in [0.25, 0.3) is 11.1 Å². The van der Waals surface area contributed by atoms with Gasteiger partial charge in [-0.2, -0.15) is 0 Å². The van der Waals surface area contributed by atoms with Crippen LogP contribution in [0.4, 0.5) is 5.69 Å². The molecular weight excluding hydrogens is 284 g/mol. The van der Waals surface area contributed by atoms with Crippen molar-refractivity contribution < 1.29 is 4.79 Å². The largest absolute Gasteiger partial charge is 0.326 e. The molecule has 1 heterocycles. The molecular formula is C20H22N2O. The smallest absolute Gasteiger partial charge is 0.221 e. The number of nitrogens with one attached hydrogen (secondary N) is 1. The molecule has 1 aliphatic carbocycles. The molecule has 1 aliphatic heterocycles. The molecule has 3 heteroatoms. The zero-order chi connectivity index (χ0) is 15.8. The number of fused-ring (bicyclic) bond motifs is 3. The quantitative estimate of drug-likeness (QED) is 0.902. The molecule has 0 saturated carbocycles. The van der Waals surface area contributed by atoms with E-state index in [0.717, 1.165) is 18.8 Å². The van der Waals surface area contributed by atoms with Gasteiger partial charge in [0.1, 0.15) is 0 Å². The summed E-state index contributed by atoms with van der Waals surface area (Å²) in [5.41, 5.74) is 6.28. The number of benzene rings is 2. The Balaban J connectivity index is 1.80. The third kappa shape index (κ3) is 2.55. The molecule has 1 N–H and O–H groups in total. The Kier molecular flexibility index (Phi) is 3.66. The van der Waals surface area contributed by atoms with Gasteiger partial charge in [-0.15, -0.1) is 0 Å². The van der Waals surface area contributed by atoms with Crippen molar-refractivity contribution in [3.63, 3.8) is 0 Å². The van der Waals surface area contributed by atoms with Gasteiger partial charge in [0.2, 0.25) is 5.91 Å². The second kappa shape index (κ2) is 5.82. The molecule has 23 heavy (non-hydrogen) atoms. The summed E-state index contributed by atoms with van der Waals surface area (Å²) in [6.07, 6.45) is 3.89.